The van der Waals surface area contributed by atoms with Crippen molar-refractivity contribution >= 4 is 11.0 Å². The van der Waals surface area contributed by atoms with Gasteiger partial charge in [-0.25, -0.2) is 9.37 Å². The molecule has 13 heavy (non-hydrogen) atoms. The quantitative estimate of drug-likeness (QED) is 0.655. The highest BCUT2D eigenvalue weighted by Crippen LogP contribution is 2.21. The lowest BCUT2D eigenvalue weighted by Crippen LogP contribution is -1.87. The number of nitrogens with zero attached hydrogens (tertiary/aromatic N) is 2. The van der Waals surface area contributed by atoms with E-state index in [4.69, 9.17) is 0 Å². The van der Waals surface area contributed by atoms with Crippen molar-refractivity contribution in [1.29, 1.82) is 0 Å². The van der Waals surface area contributed by atoms with Crippen LogP contribution in [-0.4, -0.2) is 9.55 Å². The Balaban J connectivity index is 2.89. The van der Waals surface area contributed by atoms with Crippen molar-refractivity contribution in [3.8, 4) is 0 Å². The van der Waals surface area contributed by atoms with E-state index in [0.29, 0.717) is 5.39 Å². The zero-order chi connectivity index (χ0) is 9.42. The predicted octanol–water partition coefficient (Wildman–Crippen LogP) is 2.27. The Kier molecular flexibility index (Phi) is 1.79. The molecule has 0 bridgehead atoms. The van der Waals surface area contributed by atoms with Gasteiger partial charge in [0.25, 0.3) is 0 Å². The fourth-order valence-electron chi connectivity index (χ4n) is 1.62. The molecule has 0 N–H and O–H groups in total. The average molecular weight is 178 g/mol. The van der Waals surface area contributed by atoms with Crippen LogP contribution in [0.3, 0.4) is 0 Å². The molecule has 2 aromatic heterocycles. The fraction of sp³-hybridized carbons (Fsp3) is 0.300. The van der Waals surface area contributed by atoms with Gasteiger partial charge in [-0.2, -0.15) is 0 Å². The van der Waals surface area contributed by atoms with Gasteiger partial charge in [0.1, 0.15) is 11.5 Å². The Bertz CT molecular complexity index is 445. The molecule has 2 nitrogen and oxygen atoms in total. The highest BCUT2D eigenvalue weighted by Gasteiger charge is 2.09. The molecule has 0 amide bonds. The van der Waals surface area contributed by atoms with Crippen LogP contribution >= 0.6 is 0 Å². The lowest BCUT2D eigenvalue weighted by molar-refractivity contribution is 0.637. The minimum atomic E-state index is -0.178. The Morgan fingerprint density at radius 2 is 2.31 bits per heavy atom. The van der Waals surface area contributed by atoms with Crippen molar-refractivity contribution in [3.05, 3.63) is 29.8 Å². The first kappa shape index (κ1) is 8.23. The summed E-state index contributed by atoms with van der Waals surface area (Å²) in [5, 5.41) is 0.660. The number of halogens is 1. The van der Waals surface area contributed by atoms with Gasteiger partial charge in [-0.1, -0.05) is 6.92 Å². The fourth-order valence-corrected chi connectivity index (χ4v) is 1.62. The third-order valence-corrected chi connectivity index (χ3v) is 2.27. The highest BCUT2D eigenvalue weighted by molar-refractivity contribution is 5.80. The molecule has 0 fully saturated rings. The van der Waals surface area contributed by atoms with Crippen LogP contribution in [0, 0.1) is 5.82 Å². The zero-order valence-electron chi connectivity index (χ0n) is 7.71. The minimum Gasteiger partial charge on any atom is -0.335 e. The molecule has 0 aliphatic heterocycles. The standard InChI is InChI=1S/C10H11FN2/c1-3-7-6-13(2)10-9(7)8(11)4-5-12-10/h4-6H,3H2,1-2H3. The number of rotatable bonds is 1. The number of pyridine rings is 1. The van der Waals surface area contributed by atoms with Crippen molar-refractivity contribution in [2.45, 2.75) is 13.3 Å². The summed E-state index contributed by atoms with van der Waals surface area (Å²) in [5.41, 5.74) is 1.74. The molecule has 3 heteroatoms. The monoisotopic (exact) mass is 178 g/mol. The van der Waals surface area contributed by atoms with Gasteiger partial charge in [0.2, 0.25) is 0 Å². The molecule has 0 aliphatic rings. The van der Waals surface area contributed by atoms with E-state index in [9.17, 15) is 4.39 Å². The van der Waals surface area contributed by atoms with Crippen LogP contribution < -0.4 is 0 Å². The van der Waals surface area contributed by atoms with Crippen molar-refractivity contribution in [2.75, 3.05) is 0 Å². The second-order valence-electron chi connectivity index (χ2n) is 3.11. The molecular formula is C10H11FN2. The van der Waals surface area contributed by atoms with Crippen molar-refractivity contribution in [2.24, 2.45) is 7.05 Å². The van der Waals surface area contributed by atoms with Gasteiger partial charge in [-0.3, -0.25) is 0 Å². The third kappa shape index (κ3) is 1.11. The second kappa shape index (κ2) is 2.83. The molecular weight excluding hydrogens is 167 g/mol. The Hall–Kier alpha value is -1.38. The van der Waals surface area contributed by atoms with Gasteiger partial charge in [-0.15, -0.1) is 0 Å². The van der Waals surface area contributed by atoms with Crippen molar-refractivity contribution in [1.82, 2.24) is 9.55 Å². The molecule has 0 aromatic carbocycles. The molecule has 68 valence electrons. The smallest absolute Gasteiger partial charge is 0.142 e. The van der Waals surface area contributed by atoms with E-state index in [1.54, 1.807) is 0 Å². The van der Waals surface area contributed by atoms with Crippen LogP contribution in [0.1, 0.15) is 12.5 Å². The van der Waals surface area contributed by atoms with E-state index in [1.165, 1.54) is 12.3 Å². The molecule has 0 spiro atoms. The summed E-state index contributed by atoms with van der Waals surface area (Å²) in [6, 6.07) is 1.40. The molecule has 0 radical (unpaired) electrons. The molecule has 0 unspecified atom stereocenters. The van der Waals surface area contributed by atoms with Gasteiger partial charge < -0.3 is 4.57 Å². The van der Waals surface area contributed by atoms with Gasteiger partial charge >= 0.3 is 0 Å². The van der Waals surface area contributed by atoms with Crippen LogP contribution in [0.2, 0.25) is 0 Å². The molecule has 0 aliphatic carbocycles. The SMILES string of the molecule is CCc1cn(C)c2nccc(F)c12. The first-order valence-electron chi connectivity index (χ1n) is 4.32. The summed E-state index contributed by atoms with van der Waals surface area (Å²) in [5.74, 6) is -0.178. The van der Waals surface area contributed by atoms with Crippen LogP contribution in [-0.2, 0) is 13.5 Å². The van der Waals surface area contributed by atoms with Crippen LogP contribution in [0.4, 0.5) is 4.39 Å². The molecule has 2 aromatic rings. The van der Waals surface area contributed by atoms with Crippen LogP contribution in [0.25, 0.3) is 11.0 Å². The van der Waals surface area contributed by atoms with E-state index in [-0.39, 0.29) is 5.82 Å². The maximum atomic E-state index is 13.4. The third-order valence-electron chi connectivity index (χ3n) is 2.27. The van der Waals surface area contributed by atoms with Gasteiger partial charge in [0, 0.05) is 19.4 Å². The zero-order valence-corrected chi connectivity index (χ0v) is 7.71. The second-order valence-corrected chi connectivity index (χ2v) is 3.11. The largest absolute Gasteiger partial charge is 0.335 e. The van der Waals surface area contributed by atoms with Gasteiger partial charge in [-0.05, 0) is 18.1 Å². The van der Waals surface area contributed by atoms with Gasteiger partial charge in [0.15, 0.2) is 0 Å². The number of aromatic nitrogens is 2. The summed E-state index contributed by atoms with van der Waals surface area (Å²) in [4.78, 5) is 4.13. The van der Waals surface area contributed by atoms with Crippen LogP contribution in [0.5, 0.6) is 0 Å². The number of aryl methyl sites for hydroxylation is 2. The first-order valence-corrected chi connectivity index (χ1v) is 4.32. The minimum absolute atomic E-state index is 0.178. The van der Waals surface area contributed by atoms with Crippen molar-refractivity contribution in [3.63, 3.8) is 0 Å². The maximum absolute atomic E-state index is 13.4. The van der Waals surface area contributed by atoms with Crippen molar-refractivity contribution < 1.29 is 4.39 Å². The summed E-state index contributed by atoms with van der Waals surface area (Å²) < 4.78 is 15.3. The normalized spacial score (nSPS) is 11.0. The van der Waals surface area contributed by atoms with E-state index in [1.807, 2.05) is 24.7 Å². The van der Waals surface area contributed by atoms with E-state index < -0.39 is 0 Å². The number of hydrogen-bond donors (Lipinski definition) is 0. The summed E-state index contributed by atoms with van der Waals surface area (Å²) in [6.45, 7) is 2.02. The lowest BCUT2D eigenvalue weighted by Gasteiger charge is -1.95. The predicted molar refractivity (Wildman–Crippen MR) is 50.1 cm³/mol. The number of hydrogen-bond acceptors (Lipinski definition) is 1. The average Bonchev–Trinajstić information content (AvgIpc) is 2.45. The molecule has 2 rings (SSSR count). The van der Waals surface area contributed by atoms with Gasteiger partial charge in [0.05, 0.1) is 5.39 Å². The Morgan fingerprint density at radius 1 is 1.54 bits per heavy atom. The van der Waals surface area contributed by atoms with E-state index in [0.717, 1.165) is 17.6 Å². The maximum Gasteiger partial charge on any atom is 0.142 e. The van der Waals surface area contributed by atoms with E-state index in [2.05, 4.69) is 4.98 Å². The molecule has 2 heterocycles. The highest BCUT2D eigenvalue weighted by atomic mass is 19.1. The Morgan fingerprint density at radius 3 is 3.00 bits per heavy atom. The molecule has 0 saturated heterocycles. The topological polar surface area (TPSA) is 17.8 Å². The summed E-state index contributed by atoms with van der Waals surface area (Å²) in [7, 11) is 1.88. The lowest BCUT2D eigenvalue weighted by atomic mass is 10.2. The molecule has 0 saturated carbocycles. The number of fused-ring (bicyclic) bond motifs is 1. The Labute approximate surface area is 76.0 Å². The summed E-state index contributed by atoms with van der Waals surface area (Å²) >= 11 is 0. The molecule has 0 atom stereocenters. The first-order chi connectivity index (χ1) is 6.24. The summed E-state index contributed by atoms with van der Waals surface area (Å²) in [6.07, 6.45) is 4.26. The van der Waals surface area contributed by atoms with E-state index >= 15 is 0 Å². The van der Waals surface area contributed by atoms with Crippen LogP contribution in [0.15, 0.2) is 18.5 Å².